The van der Waals surface area contributed by atoms with Crippen LogP contribution in [0.25, 0.3) is 0 Å². The van der Waals surface area contributed by atoms with Crippen molar-refractivity contribution in [1.29, 1.82) is 0 Å². The molecule has 1 aromatic carbocycles. The summed E-state index contributed by atoms with van der Waals surface area (Å²) in [5, 5.41) is 5.94. The van der Waals surface area contributed by atoms with E-state index in [-0.39, 0.29) is 12.5 Å². The first-order valence-corrected chi connectivity index (χ1v) is 6.35. The van der Waals surface area contributed by atoms with Crippen LogP contribution in [0.2, 0.25) is 0 Å². The van der Waals surface area contributed by atoms with Gasteiger partial charge in [0.05, 0.1) is 20.8 Å². The second-order valence-corrected chi connectivity index (χ2v) is 4.34. The molecule has 1 rings (SSSR count). The summed E-state index contributed by atoms with van der Waals surface area (Å²) in [6.07, 6.45) is 0.986. The maximum Gasteiger partial charge on any atom is 0.238 e. The number of nitrogens with one attached hydrogen (secondary N) is 2. The van der Waals surface area contributed by atoms with E-state index in [0.717, 1.165) is 6.42 Å². The first-order chi connectivity index (χ1) is 9.08. The van der Waals surface area contributed by atoms with Crippen LogP contribution in [0.4, 0.5) is 5.69 Å². The largest absolute Gasteiger partial charge is 0.497 e. The van der Waals surface area contributed by atoms with Crippen molar-refractivity contribution in [2.45, 2.75) is 26.3 Å². The molecule has 1 atom stereocenters. The Hall–Kier alpha value is -1.75. The predicted molar refractivity (Wildman–Crippen MR) is 75.9 cm³/mol. The number of carbonyl (C=O) groups is 1. The van der Waals surface area contributed by atoms with E-state index in [1.165, 1.54) is 0 Å². The Balaban J connectivity index is 2.62. The minimum absolute atomic E-state index is 0.0874. The van der Waals surface area contributed by atoms with Gasteiger partial charge in [-0.3, -0.25) is 4.79 Å². The first-order valence-electron chi connectivity index (χ1n) is 6.35. The molecule has 106 valence electrons. The molecule has 0 aliphatic carbocycles. The van der Waals surface area contributed by atoms with Crippen molar-refractivity contribution in [3.05, 3.63) is 18.2 Å². The molecule has 1 unspecified atom stereocenters. The summed E-state index contributed by atoms with van der Waals surface area (Å²) in [4.78, 5) is 11.8. The average Bonchev–Trinajstić information content (AvgIpc) is 2.44. The highest BCUT2D eigenvalue weighted by Gasteiger charge is 2.07. The lowest BCUT2D eigenvalue weighted by atomic mass is 10.2. The number of methoxy groups -OCH3 is 2. The predicted octanol–water partition coefficient (Wildman–Crippen LogP) is 2.03. The Kier molecular flexibility index (Phi) is 6.15. The van der Waals surface area contributed by atoms with Crippen LogP contribution in [0.1, 0.15) is 20.3 Å². The average molecular weight is 266 g/mol. The molecule has 0 aromatic heterocycles. The highest BCUT2D eigenvalue weighted by Crippen LogP contribution is 2.25. The fraction of sp³-hybridized carbons (Fsp3) is 0.500. The van der Waals surface area contributed by atoms with Gasteiger partial charge in [0.15, 0.2) is 0 Å². The van der Waals surface area contributed by atoms with Gasteiger partial charge in [-0.25, -0.2) is 0 Å². The first kappa shape index (κ1) is 15.3. The van der Waals surface area contributed by atoms with Crippen LogP contribution in [0.3, 0.4) is 0 Å². The van der Waals surface area contributed by atoms with Crippen molar-refractivity contribution >= 4 is 11.6 Å². The van der Waals surface area contributed by atoms with Crippen LogP contribution < -0.4 is 20.1 Å². The molecule has 0 heterocycles. The Morgan fingerprint density at radius 3 is 2.26 bits per heavy atom. The molecule has 2 N–H and O–H groups in total. The molecular weight excluding hydrogens is 244 g/mol. The molecule has 19 heavy (non-hydrogen) atoms. The Morgan fingerprint density at radius 2 is 1.79 bits per heavy atom. The molecule has 0 radical (unpaired) electrons. The summed E-state index contributed by atoms with van der Waals surface area (Å²) in [5.41, 5.74) is 0.659. The van der Waals surface area contributed by atoms with E-state index in [1.54, 1.807) is 32.4 Å². The molecule has 0 spiro atoms. The van der Waals surface area contributed by atoms with Crippen molar-refractivity contribution in [1.82, 2.24) is 5.32 Å². The summed E-state index contributed by atoms with van der Waals surface area (Å²) < 4.78 is 10.3. The number of ether oxygens (including phenoxy) is 2. The van der Waals surface area contributed by atoms with Gasteiger partial charge < -0.3 is 20.1 Å². The molecule has 0 fully saturated rings. The van der Waals surface area contributed by atoms with Gasteiger partial charge >= 0.3 is 0 Å². The van der Waals surface area contributed by atoms with Gasteiger partial charge in [0.25, 0.3) is 0 Å². The Bertz CT molecular complexity index is 399. The highest BCUT2D eigenvalue weighted by atomic mass is 16.5. The van der Waals surface area contributed by atoms with E-state index >= 15 is 0 Å². The molecule has 0 bridgehead atoms. The number of anilines is 1. The topological polar surface area (TPSA) is 59.6 Å². The van der Waals surface area contributed by atoms with Crippen LogP contribution >= 0.6 is 0 Å². The van der Waals surface area contributed by atoms with Gasteiger partial charge in [-0.05, 0) is 13.3 Å². The summed E-state index contributed by atoms with van der Waals surface area (Å²) in [7, 11) is 3.15. The normalized spacial score (nSPS) is 11.8. The maximum absolute atomic E-state index is 11.8. The van der Waals surface area contributed by atoms with E-state index < -0.39 is 0 Å². The molecule has 1 aromatic rings. The summed E-state index contributed by atoms with van der Waals surface area (Å²) in [6.45, 7) is 4.40. The highest BCUT2D eigenvalue weighted by molar-refractivity contribution is 5.92. The standard InChI is InChI=1S/C14H22N2O3/c1-5-10(2)15-9-14(17)16-11-6-12(18-3)8-13(7-11)19-4/h6-8,10,15H,5,9H2,1-4H3,(H,16,17). The number of amides is 1. The van der Waals surface area contributed by atoms with Gasteiger partial charge in [-0.15, -0.1) is 0 Å². The molecule has 5 nitrogen and oxygen atoms in total. The quantitative estimate of drug-likeness (QED) is 0.793. The number of carbonyl (C=O) groups excluding carboxylic acids is 1. The number of hydrogen-bond donors (Lipinski definition) is 2. The van der Waals surface area contributed by atoms with Gasteiger partial charge in [0.1, 0.15) is 11.5 Å². The minimum atomic E-state index is -0.0874. The Labute approximate surface area is 114 Å². The van der Waals surface area contributed by atoms with Crippen molar-refractivity contribution in [3.8, 4) is 11.5 Å². The third-order valence-corrected chi connectivity index (χ3v) is 2.86. The van der Waals surface area contributed by atoms with Crippen LogP contribution in [-0.4, -0.2) is 32.7 Å². The third kappa shape index (κ3) is 5.18. The number of benzene rings is 1. The zero-order chi connectivity index (χ0) is 14.3. The van der Waals surface area contributed by atoms with Crippen molar-refractivity contribution in [2.24, 2.45) is 0 Å². The van der Waals surface area contributed by atoms with Crippen LogP contribution in [0.15, 0.2) is 18.2 Å². The number of rotatable bonds is 7. The summed E-state index contributed by atoms with van der Waals surface area (Å²) in [6, 6.07) is 5.59. The van der Waals surface area contributed by atoms with Crippen molar-refractivity contribution in [2.75, 3.05) is 26.1 Å². The monoisotopic (exact) mass is 266 g/mol. The molecule has 1 amide bonds. The van der Waals surface area contributed by atoms with Crippen LogP contribution in [-0.2, 0) is 4.79 Å². The molecule has 0 saturated carbocycles. The molecule has 0 aliphatic heterocycles. The smallest absolute Gasteiger partial charge is 0.238 e. The van der Waals surface area contributed by atoms with Gasteiger partial charge in [0, 0.05) is 29.9 Å². The van der Waals surface area contributed by atoms with E-state index in [2.05, 4.69) is 17.6 Å². The lowest BCUT2D eigenvalue weighted by Gasteiger charge is -2.12. The minimum Gasteiger partial charge on any atom is -0.497 e. The lowest BCUT2D eigenvalue weighted by Crippen LogP contribution is -2.33. The van der Waals surface area contributed by atoms with Crippen LogP contribution in [0, 0.1) is 0 Å². The summed E-state index contributed by atoms with van der Waals surface area (Å²) >= 11 is 0. The van der Waals surface area contributed by atoms with E-state index in [0.29, 0.717) is 23.2 Å². The SMILES string of the molecule is CCC(C)NCC(=O)Nc1cc(OC)cc(OC)c1. The summed E-state index contributed by atoms with van der Waals surface area (Å²) in [5.74, 6) is 1.20. The molecule has 0 aliphatic rings. The zero-order valence-electron chi connectivity index (χ0n) is 11.9. The molecular formula is C14H22N2O3. The van der Waals surface area contributed by atoms with Gasteiger partial charge in [0.2, 0.25) is 5.91 Å². The fourth-order valence-electron chi connectivity index (χ4n) is 1.50. The zero-order valence-corrected chi connectivity index (χ0v) is 11.9. The molecule has 5 heteroatoms. The second kappa shape index (κ2) is 7.63. The number of hydrogen-bond acceptors (Lipinski definition) is 4. The van der Waals surface area contributed by atoms with Crippen LogP contribution in [0.5, 0.6) is 11.5 Å². The Morgan fingerprint density at radius 1 is 1.21 bits per heavy atom. The second-order valence-electron chi connectivity index (χ2n) is 4.34. The van der Waals surface area contributed by atoms with E-state index in [9.17, 15) is 4.79 Å². The van der Waals surface area contributed by atoms with Gasteiger partial charge in [-0.1, -0.05) is 6.92 Å². The maximum atomic E-state index is 11.8. The van der Waals surface area contributed by atoms with Gasteiger partial charge in [-0.2, -0.15) is 0 Å². The fourth-order valence-corrected chi connectivity index (χ4v) is 1.50. The molecule has 0 saturated heterocycles. The lowest BCUT2D eigenvalue weighted by molar-refractivity contribution is -0.115. The third-order valence-electron chi connectivity index (χ3n) is 2.86. The van der Waals surface area contributed by atoms with Crippen molar-refractivity contribution in [3.63, 3.8) is 0 Å². The van der Waals surface area contributed by atoms with Crippen molar-refractivity contribution < 1.29 is 14.3 Å². The van der Waals surface area contributed by atoms with E-state index in [4.69, 9.17) is 9.47 Å². The van der Waals surface area contributed by atoms with E-state index in [1.807, 2.05) is 6.92 Å².